The van der Waals surface area contributed by atoms with Gasteiger partial charge in [-0.3, -0.25) is 14.6 Å². The van der Waals surface area contributed by atoms with Gasteiger partial charge in [0.25, 0.3) is 11.8 Å². The summed E-state index contributed by atoms with van der Waals surface area (Å²) in [5.41, 5.74) is 0.170. The minimum atomic E-state index is -4.66. The van der Waals surface area contributed by atoms with Gasteiger partial charge in [-0.25, -0.2) is 9.67 Å². The summed E-state index contributed by atoms with van der Waals surface area (Å²) in [5.74, 6) is -0.718. The van der Waals surface area contributed by atoms with Crippen molar-refractivity contribution >= 4 is 17.6 Å². The maximum atomic E-state index is 13.7. The van der Waals surface area contributed by atoms with Crippen molar-refractivity contribution in [2.24, 2.45) is 0 Å². The van der Waals surface area contributed by atoms with E-state index in [1.807, 2.05) is 13.8 Å². The number of halogens is 3. The van der Waals surface area contributed by atoms with Gasteiger partial charge >= 0.3 is 6.18 Å². The SMILES string of the molecule is CC(C)NC(=O)c1cccc(C(=O)Nc2ccc(-n3nc(-c4cccnc4)cc3C(F)(F)F)cn2)c1. The molecule has 0 spiro atoms. The molecule has 11 heteroatoms. The summed E-state index contributed by atoms with van der Waals surface area (Å²) in [7, 11) is 0. The Balaban J connectivity index is 1.55. The smallest absolute Gasteiger partial charge is 0.350 e. The zero-order chi connectivity index (χ0) is 25.9. The van der Waals surface area contributed by atoms with Crippen molar-refractivity contribution in [2.75, 3.05) is 5.32 Å². The number of nitrogens with one attached hydrogen (secondary N) is 2. The van der Waals surface area contributed by atoms with Crippen molar-refractivity contribution in [2.45, 2.75) is 26.1 Å². The van der Waals surface area contributed by atoms with E-state index in [9.17, 15) is 22.8 Å². The second kappa shape index (κ2) is 9.98. The molecule has 36 heavy (non-hydrogen) atoms. The summed E-state index contributed by atoms with van der Waals surface area (Å²) in [6.07, 6.45) is -0.547. The number of hydrogen-bond donors (Lipinski definition) is 2. The molecule has 3 aromatic heterocycles. The van der Waals surface area contributed by atoms with Gasteiger partial charge in [0.1, 0.15) is 11.5 Å². The average molecular weight is 494 g/mol. The van der Waals surface area contributed by atoms with Crippen LogP contribution in [0.1, 0.15) is 40.3 Å². The molecule has 0 bridgehead atoms. The fourth-order valence-electron chi connectivity index (χ4n) is 3.36. The lowest BCUT2D eigenvalue weighted by atomic mass is 10.1. The van der Waals surface area contributed by atoms with Crippen molar-refractivity contribution in [1.82, 2.24) is 25.1 Å². The van der Waals surface area contributed by atoms with E-state index in [0.717, 1.165) is 10.7 Å². The van der Waals surface area contributed by atoms with E-state index in [0.29, 0.717) is 11.1 Å². The fraction of sp³-hybridized carbons (Fsp3) is 0.160. The third-order valence-electron chi connectivity index (χ3n) is 5.00. The van der Waals surface area contributed by atoms with Crippen molar-refractivity contribution < 1.29 is 22.8 Å². The molecule has 184 valence electrons. The Hall–Kier alpha value is -4.54. The zero-order valence-corrected chi connectivity index (χ0v) is 19.2. The van der Waals surface area contributed by atoms with Crippen molar-refractivity contribution in [3.63, 3.8) is 0 Å². The van der Waals surface area contributed by atoms with Crippen molar-refractivity contribution in [3.05, 3.63) is 90.0 Å². The van der Waals surface area contributed by atoms with Crippen LogP contribution in [0.25, 0.3) is 16.9 Å². The molecule has 2 N–H and O–H groups in total. The van der Waals surface area contributed by atoms with Crippen LogP contribution in [0.5, 0.6) is 0 Å². The molecule has 3 heterocycles. The highest BCUT2D eigenvalue weighted by Gasteiger charge is 2.36. The van der Waals surface area contributed by atoms with Gasteiger partial charge in [-0.05, 0) is 62.4 Å². The van der Waals surface area contributed by atoms with Gasteiger partial charge in [0, 0.05) is 35.1 Å². The molecule has 0 aliphatic rings. The summed E-state index contributed by atoms with van der Waals surface area (Å²) in [6.45, 7) is 3.65. The minimum Gasteiger partial charge on any atom is -0.350 e. The van der Waals surface area contributed by atoms with Gasteiger partial charge in [0.2, 0.25) is 0 Å². The molecule has 0 aliphatic heterocycles. The van der Waals surface area contributed by atoms with Gasteiger partial charge in [-0.15, -0.1) is 0 Å². The van der Waals surface area contributed by atoms with E-state index in [1.54, 1.807) is 24.3 Å². The highest BCUT2D eigenvalue weighted by Crippen LogP contribution is 2.34. The predicted octanol–water partition coefficient (Wildman–Crippen LogP) is 4.74. The lowest BCUT2D eigenvalue weighted by Gasteiger charge is -2.11. The van der Waals surface area contributed by atoms with Crippen LogP contribution in [0.2, 0.25) is 0 Å². The van der Waals surface area contributed by atoms with E-state index < -0.39 is 17.8 Å². The maximum Gasteiger partial charge on any atom is 0.433 e. The Kier molecular flexibility index (Phi) is 6.82. The maximum absolute atomic E-state index is 13.7. The molecule has 4 aromatic rings. The molecular formula is C25H21F3N6O2. The molecule has 0 unspecified atom stereocenters. The molecule has 0 aliphatic carbocycles. The molecule has 0 atom stereocenters. The summed E-state index contributed by atoms with van der Waals surface area (Å²) < 4.78 is 41.8. The largest absolute Gasteiger partial charge is 0.433 e. The van der Waals surface area contributed by atoms with Gasteiger partial charge in [0.05, 0.1) is 17.6 Å². The molecule has 1 aromatic carbocycles. The molecule has 0 radical (unpaired) electrons. The number of hydrogen-bond acceptors (Lipinski definition) is 5. The Morgan fingerprint density at radius 3 is 2.31 bits per heavy atom. The fourth-order valence-corrected chi connectivity index (χ4v) is 3.36. The lowest BCUT2D eigenvalue weighted by molar-refractivity contribution is -0.142. The molecule has 8 nitrogen and oxygen atoms in total. The minimum absolute atomic E-state index is 0.0582. The standard InChI is InChI=1S/C25H21F3N6O2/c1-15(2)31-23(35)16-5-3-6-17(11-16)24(36)32-22-9-8-19(14-30-22)34-21(25(26,27)28)12-20(33-34)18-7-4-10-29-13-18/h3-15H,1-2H3,(H,31,35)(H,30,32,36). The first-order valence-corrected chi connectivity index (χ1v) is 10.9. The third-order valence-corrected chi connectivity index (χ3v) is 5.00. The number of amides is 2. The number of anilines is 1. The van der Waals surface area contributed by atoms with E-state index >= 15 is 0 Å². The Morgan fingerprint density at radius 1 is 0.944 bits per heavy atom. The first-order valence-electron chi connectivity index (χ1n) is 10.9. The van der Waals surface area contributed by atoms with Crippen molar-refractivity contribution in [3.8, 4) is 16.9 Å². The number of rotatable bonds is 6. The van der Waals surface area contributed by atoms with Gasteiger partial charge in [-0.1, -0.05) is 6.07 Å². The van der Waals surface area contributed by atoms with Crippen LogP contribution in [0.3, 0.4) is 0 Å². The van der Waals surface area contributed by atoms with Gasteiger partial charge < -0.3 is 10.6 Å². The monoisotopic (exact) mass is 494 g/mol. The first-order chi connectivity index (χ1) is 17.1. The van der Waals surface area contributed by atoms with E-state index in [1.165, 1.54) is 42.9 Å². The zero-order valence-electron chi connectivity index (χ0n) is 19.2. The molecule has 0 saturated heterocycles. The van der Waals surface area contributed by atoms with Crippen LogP contribution in [0, 0.1) is 0 Å². The number of benzene rings is 1. The molecule has 4 rings (SSSR count). The second-order valence-corrected chi connectivity index (χ2v) is 8.13. The second-order valence-electron chi connectivity index (χ2n) is 8.13. The third kappa shape index (κ3) is 5.57. The predicted molar refractivity (Wildman–Crippen MR) is 127 cm³/mol. The van der Waals surface area contributed by atoms with E-state index in [4.69, 9.17) is 0 Å². The lowest BCUT2D eigenvalue weighted by Crippen LogP contribution is -2.30. The molecule has 0 fully saturated rings. The van der Waals surface area contributed by atoms with E-state index in [-0.39, 0.29) is 34.7 Å². The molecule has 2 amide bonds. The van der Waals surface area contributed by atoms with Crippen LogP contribution in [0.4, 0.5) is 19.0 Å². The van der Waals surface area contributed by atoms with Gasteiger partial charge in [0.15, 0.2) is 0 Å². The topological polar surface area (TPSA) is 102 Å². The number of carbonyl (C=O) groups excluding carboxylic acids is 2. The van der Waals surface area contributed by atoms with Crippen LogP contribution in [0.15, 0.2) is 73.2 Å². The Bertz CT molecular complexity index is 1380. The number of carbonyl (C=O) groups is 2. The summed E-state index contributed by atoms with van der Waals surface area (Å²) in [4.78, 5) is 32.9. The van der Waals surface area contributed by atoms with Crippen LogP contribution in [-0.4, -0.2) is 37.6 Å². The van der Waals surface area contributed by atoms with Crippen molar-refractivity contribution in [1.29, 1.82) is 0 Å². The Labute approximate surface area is 204 Å². The summed E-state index contributed by atoms with van der Waals surface area (Å²) in [6, 6.07) is 13.0. The quantitative estimate of drug-likeness (QED) is 0.403. The highest BCUT2D eigenvalue weighted by molar-refractivity contribution is 6.05. The van der Waals surface area contributed by atoms with Crippen LogP contribution < -0.4 is 10.6 Å². The van der Waals surface area contributed by atoms with Crippen LogP contribution in [-0.2, 0) is 6.18 Å². The number of nitrogens with zero attached hydrogens (tertiary/aromatic N) is 4. The molecular weight excluding hydrogens is 473 g/mol. The normalized spacial score (nSPS) is 11.4. The summed E-state index contributed by atoms with van der Waals surface area (Å²) >= 11 is 0. The van der Waals surface area contributed by atoms with E-state index in [2.05, 4.69) is 25.7 Å². The average Bonchev–Trinajstić information content (AvgIpc) is 3.31. The summed E-state index contributed by atoms with van der Waals surface area (Å²) in [5, 5.41) is 9.42. The number of pyridine rings is 2. The highest BCUT2D eigenvalue weighted by atomic mass is 19.4. The van der Waals surface area contributed by atoms with Crippen LogP contribution >= 0.6 is 0 Å². The first kappa shape index (κ1) is 24.6. The molecule has 0 saturated carbocycles. The number of aromatic nitrogens is 4. The Morgan fingerprint density at radius 2 is 1.69 bits per heavy atom. The number of alkyl halides is 3. The van der Waals surface area contributed by atoms with Gasteiger partial charge in [-0.2, -0.15) is 18.3 Å².